The molecular weight excluding hydrogens is 325 g/mol. The summed E-state index contributed by atoms with van der Waals surface area (Å²) in [6, 6.07) is 10.3. The first-order valence-corrected chi connectivity index (χ1v) is 6.77. The molecule has 0 amide bonds. The van der Waals surface area contributed by atoms with Crippen molar-refractivity contribution in [3.63, 3.8) is 0 Å². The summed E-state index contributed by atoms with van der Waals surface area (Å²) in [5, 5.41) is 15.7. The van der Waals surface area contributed by atoms with Gasteiger partial charge in [0, 0.05) is 18.1 Å². The maximum atomic E-state index is 12.4. The van der Waals surface area contributed by atoms with Crippen LogP contribution in [0.2, 0.25) is 0 Å². The molecular formula is C15H9F3N4O2. The quantitative estimate of drug-likeness (QED) is 0.726. The Balaban J connectivity index is 1.73. The Hall–Kier alpha value is -3.15. The van der Waals surface area contributed by atoms with E-state index in [4.69, 9.17) is 9.78 Å². The van der Waals surface area contributed by atoms with Crippen molar-refractivity contribution in [2.75, 3.05) is 0 Å². The van der Waals surface area contributed by atoms with Gasteiger partial charge in [0.2, 0.25) is 5.82 Å². The Morgan fingerprint density at radius 2 is 1.83 bits per heavy atom. The zero-order valence-corrected chi connectivity index (χ0v) is 12.0. The fraction of sp³-hybridized carbons (Fsp3) is 0.200. The Bertz CT molecular complexity index is 875. The number of alkyl halides is 3. The second-order valence-electron chi connectivity index (χ2n) is 4.91. The lowest BCUT2D eigenvalue weighted by atomic mass is 10.1. The van der Waals surface area contributed by atoms with E-state index in [0.29, 0.717) is 23.4 Å². The molecule has 0 bridgehead atoms. The molecule has 0 aliphatic carbocycles. The van der Waals surface area contributed by atoms with Gasteiger partial charge in [0.05, 0.1) is 18.2 Å². The molecule has 122 valence electrons. The molecule has 1 aromatic carbocycles. The molecule has 3 aromatic rings. The van der Waals surface area contributed by atoms with Crippen LogP contribution in [0, 0.1) is 11.3 Å². The highest BCUT2D eigenvalue weighted by atomic mass is 19.4. The number of rotatable bonds is 4. The van der Waals surface area contributed by atoms with Gasteiger partial charge in [0.15, 0.2) is 0 Å². The van der Waals surface area contributed by atoms with Crippen LogP contribution in [-0.2, 0) is 19.0 Å². The van der Waals surface area contributed by atoms with E-state index in [9.17, 15) is 13.2 Å². The van der Waals surface area contributed by atoms with Crippen LogP contribution in [0.25, 0.3) is 11.4 Å². The van der Waals surface area contributed by atoms with E-state index in [-0.39, 0.29) is 12.2 Å². The molecule has 2 heterocycles. The van der Waals surface area contributed by atoms with Gasteiger partial charge in [-0.1, -0.05) is 34.6 Å². The molecule has 0 saturated heterocycles. The van der Waals surface area contributed by atoms with Gasteiger partial charge < -0.3 is 9.05 Å². The summed E-state index contributed by atoms with van der Waals surface area (Å²) in [5.74, 6) is -0.926. The van der Waals surface area contributed by atoms with E-state index in [2.05, 4.69) is 19.8 Å². The number of nitriles is 1. The van der Waals surface area contributed by atoms with Gasteiger partial charge in [-0.05, 0) is 5.56 Å². The SMILES string of the molecule is N#CCc1cc(Cc2ccc(-c3noc(C(F)(F)F)n3)cc2)on1. The average molecular weight is 334 g/mol. The molecule has 0 atom stereocenters. The fourth-order valence-electron chi connectivity index (χ4n) is 2.03. The zero-order chi connectivity index (χ0) is 17.2. The molecule has 0 saturated carbocycles. The van der Waals surface area contributed by atoms with Crippen molar-refractivity contribution >= 4 is 0 Å². The average Bonchev–Trinajstić information content (AvgIpc) is 3.18. The molecule has 0 aliphatic heterocycles. The first-order chi connectivity index (χ1) is 11.5. The normalized spacial score (nSPS) is 11.4. The van der Waals surface area contributed by atoms with Crippen LogP contribution in [0.1, 0.15) is 22.9 Å². The molecule has 2 aromatic heterocycles. The highest BCUT2D eigenvalue weighted by Gasteiger charge is 2.38. The lowest BCUT2D eigenvalue weighted by molar-refractivity contribution is -0.159. The maximum Gasteiger partial charge on any atom is 0.471 e. The Kier molecular flexibility index (Phi) is 4.04. The largest absolute Gasteiger partial charge is 0.471 e. The minimum absolute atomic E-state index is 0.134. The van der Waals surface area contributed by atoms with Crippen LogP contribution >= 0.6 is 0 Å². The first kappa shape index (κ1) is 15.7. The zero-order valence-electron chi connectivity index (χ0n) is 12.0. The van der Waals surface area contributed by atoms with Crippen molar-refractivity contribution in [2.24, 2.45) is 0 Å². The molecule has 24 heavy (non-hydrogen) atoms. The minimum atomic E-state index is -4.67. The molecule has 0 unspecified atom stereocenters. The molecule has 9 heteroatoms. The van der Waals surface area contributed by atoms with Crippen molar-refractivity contribution in [2.45, 2.75) is 19.0 Å². The number of hydrogen-bond acceptors (Lipinski definition) is 6. The fourth-order valence-corrected chi connectivity index (χ4v) is 2.03. The van der Waals surface area contributed by atoms with E-state index in [1.165, 1.54) is 0 Å². The van der Waals surface area contributed by atoms with Gasteiger partial charge in [-0.2, -0.15) is 23.4 Å². The number of aromatic nitrogens is 3. The molecule has 6 nitrogen and oxygen atoms in total. The molecule has 0 aliphatic rings. The summed E-state index contributed by atoms with van der Waals surface area (Å²) >= 11 is 0. The van der Waals surface area contributed by atoms with Gasteiger partial charge in [0.25, 0.3) is 0 Å². The van der Waals surface area contributed by atoms with E-state index < -0.39 is 12.1 Å². The maximum absolute atomic E-state index is 12.4. The third-order valence-corrected chi connectivity index (χ3v) is 3.13. The first-order valence-electron chi connectivity index (χ1n) is 6.77. The van der Waals surface area contributed by atoms with Crippen LogP contribution in [0.4, 0.5) is 13.2 Å². The smallest absolute Gasteiger partial charge is 0.361 e. The summed E-state index contributed by atoms with van der Waals surface area (Å²) < 4.78 is 46.7. The van der Waals surface area contributed by atoms with Gasteiger partial charge in [-0.3, -0.25) is 0 Å². The second kappa shape index (κ2) is 6.16. The minimum Gasteiger partial charge on any atom is -0.361 e. The Morgan fingerprint density at radius 1 is 1.08 bits per heavy atom. The molecule has 0 fully saturated rings. The number of nitrogens with zero attached hydrogens (tertiary/aromatic N) is 4. The van der Waals surface area contributed by atoms with Gasteiger partial charge >= 0.3 is 12.1 Å². The predicted octanol–water partition coefficient (Wildman–Crippen LogP) is 3.40. The Morgan fingerprint density at radius 3 is 2.46 bits per heavy atom. The monoisotopic (exact) mass is 334 g/mol. The summed E-state index contributed by atoms with van der Waals surface area (Å²) in [4.78, 5) is 3.33. The number of benzene rings is 1. The van der Waals surface area contributed by atoms with Gasteiger partial charge in [-0.15, -0.1) is 0 Å². The highest BCUT2D eigenvalue weighted by molar-refractivity contribution is 5.54. The van der Waals surface area contributed by atoms with Crippen molar-refractivity contribution in [3.05, 3.63) is 53.2 Å². The summed E-state index contributed by atoms with van der Waals surface area (Å²) in [7, 11) is 0. The standard InChI is InChI=1S/C15H9F3N4O2/c16-15(17,18)14-20-13(22-24-14)10-3-1-9(2-4-10)7-12-8-11(5-6-19)21-23-12/h1-4,8H,5,7H2. The summed E-state index contributed by atoms with van der Waals surface area (Å²) in [6.07, 6.45) is -4.06. The van der Waals surface area contributed by atoms with Crippen LogP contribution in [0.5, 0.6) is 0 Å². The van der Waals surface area contributed by atoms with Crippen LogP contribution in [0.15, 0.2) is 39.4 Å². The highest BCUT2D eigenvalue weighted by Crippen LogP contribution is 2.29. The lowest BCUT2D eigenvalue weighted by Gasteiger charge is -1.99. The van der Waals surface area contributed by atoms with E-state index in [1.807, 2.05) is 6.07 Å². The lowest BCUT2D eigenvalue weighted by Crippen LogP contribution is -2.04. The van der Waals surface area contributed by atoms with Crippen molar-refractivity contribution < 1.29 is 22.2 Å². The summed E-state index contributed by atoms with van der Waals surface area (Å²) in [5.41, 5.74) is 1.81. The molecule has 3 rings (SSSR count). The number of halogens is 3. The Labute approximate surface area is 133 Å². The van der Waals surface area contributed by atoms with Crippen molar-refractivity contribution in [3.8, 4) is 17.5 Å². The molecule has 0 spiro atoms. The molecule has 0 radical (unpaired) electrons. The van der Waals surface area contributed by atoms with E-state index >= 15 is 0 Å². The number of hydrogen-bond donors (Lipinski definition) is 0. The second-order valence-corrected chi connectivity index (χ2v) is 4.91. The van der Waals surface area contributed by atoms with Crippen LogP contribution in [-0.4, -0.2) is 15.3 Å². The molecule has 0 N–H and O–H groups in total. The van der Waals surface area contributed by atoms with E-state index in [1.54, 1.807) is 30.3 Å². The van der Waals surface area contributed by atoms with E-state index in [0.717, 1.165) is 5.56 Å². The van der Waals surface area contributed by atoms with Crippen molar-refractivity contribution in [1.82, 2.24) is 15.3 Å². The predicted molar refractivity (Wildman–Crippen MR) is 73.4 cm³/mol. The third-order valence-electron chi connectivity index (χ3n) is 3.13. The van der Waals surface area contributed by atoms with Gasteiger partial charge in [-0.25, -0.2) is 0 Å². The topological polar surface area (TPSA) is 88.7 Å². The van der Waals surface area contributed by atoms with Crippen molar-refractivity contribution in [1.29, 1.82) is 5.26 Å². The van der Waals surface area contributed by atoms with Gasteiger partial charge in [0.1, 0.15) is 5.76 Å². The summed E-state index contributed by atoms with van der Waals surface area (Å²) in [6.45, 7) is 0. The third kappa shape index (κ3) is 3.43. The van der Waals surface area contributed by atoms with Crippen LogP contribution < -0.4 is 0 Å². The van der Waals surface area contributed by atoms with Crippen LogP contribution in [0.3, 0.4) is 0 Å².